The van der Waals surface area contributed by atoms with Gasteiger partial charge in [0, 0.05) is 0 Å². The number of nitrogens with zero attached hydrogens (tertiary/aromatic N) is 1. The van der Waals surface area contributed by atoms with Crippen molar-refractivity contribution < 1.29 is 23.5 Å². The Morgan fingerprint density at radius 3 is 2.55 bits per heavy atom. The molecule has 0 aliphatic heterocycles. The number of carbonyl (C=O) groups is 2. The van der Waals surface area contributed by atoms with Crippen LogP contribution in [0.4, 0.5) is 9.18 Å². The topological polar surface area (TPSA) is 77.5 Å². The Morgan fingerprint density at radius 2 is 2.00 bits per heavy atom. The summed E-state index contributed by atoms with van der Waals surface area (Å²) in [4.78, 5) is 26.5. The van der Waals surface area contributed by atoms with Gasteiger partial charge < -0.3 is 14.8 Å². The second-order valence-electron chi connectivity index (χ2n) is 4.97. The van der Waals surface area contributed by atoms with Crippen LogP contribution < -0.4 is 5.32 Å². The number of carbonyl (C=O) groups excluding carboxylic acids is 2. The maximum atomic E-state index is 13.5. The number of alkyl carbamates (subject to hydrolysis) is 1. The minimum atomic E-state index is -0.692. The van der Waals surface area contributed by atoms with Crippen LogP contribution in [0, 0.1) is 5.82 Å². The summed E-state index contributed by atoms with van der Waals surface area (Å²) in [6, 6.07) is 2.30. The molecule has 1 amide bonds. The molecule has 0 spiro atoms. The van der Waals surface area contributed by atoms with E-state index in [1.807, 2.05) is 0 Å². The van der Waals surface area contributed by atoms with Gasteiger partial charge >= 0.3 is 12.1 Å². The highest BCUT2D eigenvalue weighted by atomic mass is 19.1. The second kappa shape index (κ2) is 6.31. The first-order valence-corrected chi connectivity index (χ1v) is 5.93. The Kier molecular flexibility index (Phi) is 5.01. The van der Waals surface area contributed by atoms with E-state index in [4.69, 9.17) is 4.74 Å². The van der Waals surface area contributed by atoms with Gasteiger partial charge in [-0.1, -0.05) is 0 Å². The van der Waals surface area contributed by atoms with Gasteiger partial charge in [0.05, 0.1) is 19.3 Å². The summed E-state index contributed by atoms with van der Waals surface area (Å²) in [5, 5.41) is 2.36. The molecule has 6 nitrogen and oxygen atoms in total. The number of nitrogens with one attached hydrogen (secondary N) is 1. The number of hydrogen-bond donors (Lipinski definition) is 1. The molecular formula is C13H17FN2O4. The highest BCUT2D eigenvalue weighted by molar-refractivity contribution is 5.87. The van der Waals surface area contributed by atoms with E-state index in [9.17, 15) is 14.0 Å². The first-order chi connectivity index (χ1) is 9.23. The van der Waals surface area contributed by atoms with Gasteiger partial charge in [-0.15, -0.1) is 0 Å². The largest absolute Gasteiger partial charge is 0.464 e. The first kappa shape index (κ1) is 15.9. The zero-order valence-corrected chi connectivity index (χ0v) is 11.8. The molecule has 20 heavy (non-hydrogen) atoms. The maximum absolute atomic E-state index is 13.5. The van der Waals surface area contributed by atoms with Gasteiger partial charge in [-0.2, -0.15) is 0 Å². The van der Waals surface area contributed by atoms with Gasteiger partial charge in [-0.05, 0) is 32.9 Å². The monoisotopic (exact) mass is 284 g/mol. The molecule has 0 aromatic carbocycles. The molecule has 0 bridgehead atoms. The molecule has 0 aliphatic rings. The fourth-order valence-electron chi connectivity index (χ4n) is 1.30. The lowest BCUT2D eigenvalue weighted by Gasteiger charge is -2.19. The number of hydrogen-bond acceptors (Lipinski definition) is 5. The van der Waals surface area contributed by atoms with E-state index in [1.54, 1.807) is 20.8 Å². The van der Waals surface area contributed by atoms with Crippen LogP contribution in [0.2, 0.25) is 0 Å². The smallest absolute Gasteiger partial charge is 0.407 e. The van der Waals surface area contributed by atoms with Gasteiger partial charge in [0.1, 0.15) is 17.1 Å². The number of halogens is 1. The Bertz CT molecular complexity index is 512. The van der Waals surface area contributed by atoms with Gasteiger partial charge in [0.2, 0.25) is 0 Å². The molecule has 0 saturated heterocycles. The Morgan fingerprint density at radius 1 is 1.35 bits per heavy atom. The molecule has 0 fully saturated rings. The lowest BCUT2D eigenvalue weighted by Crippen LogP contribution is -2.32. The summed E-state index contributed by atoms with van der Waals surface area (Å²) in [6.07, 6.45) is -0.692. The molecule has 7 heteroatoms. The predicted octanol–water partition coefficient (Wildman–Crippen LogP) is 2.03. The zero-order chi connectivity index (χ0) is 15.3. The van der Waals surface area contributed by atoms with Crippen LogP contribution in [0.15, 0.2) is 12.1 Å². The SMILES string of the molecule is COC(=O)c1ccc(F)c(CNC(=O)OC(C)(C)C)n1. The molecule has 110 valence electrons. The third-order valence-electron chi connectivity index (χ3n) is 2.11. The standard InChI is InChI=1S/C13H17FN2O4/c1-13(2,3)20-12(18)15-7-10-8(14)5-6-9(16-10)11(17)19-4/h5-6H,7H2,1-4H3,(H,15,18). The fraction of sp³-hybridized carbons (Fsp3) is 0.462. The van der Waals surface area contributed by atoms with E-state index in [2.05, 4.69) is 15.0 Å². The minimum absolute atomic E-state index is 0.0325. The predicted molar refractivity (Wildman–Crippen MR) is 68.6 cm³/mol. The Labute approximate surface area is 116 Å². The highest BCUT2D eigenvalue weighted by Gasteiger charge is 2.17. The number of aromatic nitrogens is 1. The first-order valence-electron chi connectivity index (χ1n) is 5.93. The lowest BCUT2D eigenvalue weighted by atomic mass is 10.2. The minimum Gasteiger partial charge on any atom is -0.464 e. The molecule has 1 heterocycles. The van der Waals surface area contributed by atoms with E-state index < -0.39 is 23.5 Å². The molecule has 0 unspecified atom stereocenters. The molecule has 1 aromatic rings. The summed E-state index contributed by atoms with van der Waals surface area (Å²) in [7, 11) is 1.20. The van der Waals surface area contributed by atoms with Crippen LogP contribution in [0.1, 0.15) is 37.0 Å². The van der Waals surface area contributed by atoms with Gasteiger partial charge in [-0.3, -0.25) is 0 Å². The summed E-state index contributed by atoms with van der Waals surface area (Å²) in [5.41, 5.74) is -0.752. The van der Waals surface area contributed by atoms with Crippen molar-refractivity contribution in [3.63, 3.8) is 0 Å². The molecule has 1 aromatic heterocycles. The van der Waals surface area contributed by atoms with Crippen LogP contribution >= 0.6 is 0 Å². The number of pyridine rings is 1. The molecule has 0 saturated carbocycles. The highest BCUT2D eigenvalue weighted by Crippen LogP contribution is 2.09. The summed E-state index contributed by atoms with van der Waals surface area (Å²) in [5.74, 6) is -1.31. The van der Waals surface area contributed by atoms with Crippen molar-refractivity contribution in [1.82, 2.24) is 10.3 Å². The van der Waals surface area contributed by atoms with Crippen LogP contribution in [0.5, 0.6) is 0 Å². The van der Waals surface area contributed by atoms with E-state index in [0.717, 1.165) is 6.07 Å². The average Bonchev–Trinajstić information content (AvgIpc) is 2.34. The third kappa shape index (κ3) is 4.83. The molecule has 1 rings (SSSR count). The second-order valence-corrected chi connectivity index (χ2v) is 4.97. The number of methoxy groups -OCH3 is 1. The Balaban J connectivity index is 2.72. The van der Waals surface area contributed by atoms with Crippen LogP contribution in [-0.4, -0.2) is 29.8 Å². The van der Waals surface area contributed by atoms with Crippen molar-refractivity contribution in [2.75, 3.05) is 7.11 Å². The van der Waals surface area contributed by atoms with Crippen LogP contribution in [0.25, 0.3) is 0 Å². The Hall–Kier alpha value is -2.18. The molecule has 0 aliphatic carbocycles. The summed E-state index contributed by atoms with van der Waals surface area (Å²) < 4.78 is 23.0. The van der Waals surface area contributed by atoms with Crippen molar-refractivity contribution in [2.45, 2.75) is 32.9 Å². The van der Waals surface area contributed by atoms with Crippen molar-refractivity contribution >= 4 is 12.1 Å². The van der Waals surface area contributed by atoms with Crippen molar-refractivity contribution in [3.8, 4) is 0 Å². The normalized spacial score (nSPS) is 10.8. The van der Waals surface area contributed by atoms with Gasteiger partial charge in [0.25, 0.3) is 0 Å². The average molecular weight is 284 g/mol. The number of esters is 1. The summed E-state index contributed by atoms with van der Waals surface area (Å²) >= 11 is 0. The fourth-order valence-corrected chi connectivity index (χ4v) is 1.30. The van der Waals surface area contributed by atoms with Crippen molar-refractivity contribution in [1.29, 1.82) is 0 Å². The summed E-state index contributed by atoms with van der Waals surface area (Å²) in [6.45, 7) is 4.95. The van der Waals surface area contributed by atoms with Crippen LogP contribution in [0.3, 0.4) is 0 Å². The molecule has 0 radical (unpaired) electrons. The van der Waals surface area contributed by atoms with E-state index in [-0.39, 0.29) is 17.9 Å². The number of ether oxygens (including phenoxy) is 2. The maximum Gasteiger partial charge on any atom is 0.407 e. The third-order valence-corrected chi connectivity index (χ3v) is 2.11. The van der Waals surface area contributed by atoms with Crippen LogP contribution in [-0.2, 0) is 16.0 Å². The quantitative estimate of drug-likeness (QED) is 0.859. The molecule has 1 N–H and O–H groups in total. The van der Waals surface area contributed by atoms with E-state index in [1.165, 1.54) is 13.2 Å². The van der Waals surface area contributed by atoms with Gasteiger partial charge in [0.15, 0.2) is 0 Å². The van der Waals surface area contributed by atoms with Crippen molar-refractivity contribution in [3.05, 3.63) is 29.3 Å². The molecule has 0 atom stereocenters. The van der Waals surface area contributed by atoms with E-state index in [0.29, 0.717) is 0 Å². The lowest BCUT2D eigenvalue weighted by molar-refractivity contribution is 0.0522. The number of amides is 1. The number of rotatable bonds is 3. The van der Waals surface area contributed by atoms with Crippen molar-refractivity contribution in [2.24, 2.45) is 0 Å². The van der Waals surface area contributed by atoms with E-state index >= 15 is 0 Å². The zero-order valence-electron chi connectivity index (χ0n) is 11.8. The van der Waals surface area contributed by atoms with Gasteiger partial charge in [-0.25, -0.2) is 19.0 Å². The molecular weight excluding hydrogens is 267 g/mol.